The highest BCUT2D eigenvalue weighted by atomic mass is 32.2. The number of nitrogens with zero attached hydrogens (tertiary/aromatic N) is 3. The van der Waals surface area contributed by atoms with Crippen molar-refractivity contribution in [2.75, 3.05) is 26.2 Å². The molecular formula is C25H31N3O4S. The molecule has 0 unspecified atom stereocenters. The third-order valence-corrected chi connectivity index (χ3v) is 7.60. The van der Waals surface area contributed by atoms with Crippen LogP contribution in [0.25, 0.3) is 10.9 Å². The molecule has 2 aromatic carbocycles. The van der Waals surface area contributed by atoms with Gasteiger partial charge >= 0.3 is 6.09 Å². The summed E-state index contributed by atoms with van der Waals surface area (Å²) in [6, 6.07) is 16.3. The maximum absolute atomic E-state index is 13.3. The van der Waals surface area contributed by atoms with Crippen LogP contribution in [0, 0.1) is 6.92 Å². The Balaban J connectivity index is 1.54. The summed E-state index contributed by atoms with van der Waals surface area (Å²) < 4.78 is 33.6. The minimum absolute atomic E-state index is 0.272. The van der Waals surface area contributed by atoms with E-state index in [2.05, 4.69) is 4.90 Å². The van der Waals surface area contributed by atoms with Gasteiger partial charge in [0.2, 0.25) is 0 Å². The second-order valence-electron chi connectivity index (χ2n) is 9.46. The third-order valence-electron chi connectivity index (χ3n) is 5.77. The minimum Gasteiger partial charge on any atom is -0.444 e. The van der Waals surface area contributed by atoms with E-state index in [1.54, 1.807) is 35.2 Å². The van der Waals surface area contributed by atoms with Crippen LogP contribution in [0.15, 0.2) is 59.5 Å². The summed E-state index contributed by atoms with van der Waals surface area (Å²) in [7, 11) is -3.69. The number of carbonyl (C=O) groups is 1. The minimum atomic E-state index is -3.69. The zero-order valence-electron chi connectivity index (χ0n) is 19.6. The molecular weight excluding hydrogens is 438 g/mol. The summed E-state index contributed by atoms with van der Waals surface area (Å²) >= 11 is 0. The highest BCUT2D eigenvalue weighted by Crippen LogP contribution is 2.28. The molecule has 0 aliphatic carbocycles. The fourth-order valence-corrected chi connectivity index (χ4v) is 5.77. The predicted octanol–water partition coefficient (Wildman–Crippen LogP) is 4.24. The van der Waals surface area contributed by atoms with E-state index in [0.717, 1.165) is 24.0 Å². The van der Waals surface area contributed by atoms with E-state index in [9.17, 15) is 13.2 Å². The standard InChI is InChI=1S/C25H31N3O4S/c1-19-17-22-20(18-26-13-15-27(16-14-26)24(29)32-25(2,3)4)9-8-12-23(22)28(19)33(30,31)21-10-6-5-7-11-21/h5-12,17H,13-16,18H2,1-4H3. The fourth-order valence-electron chi connectivity index (χ4n) is 4.21. The van der Waals surface area contributed by atoms with Crippen molar-refractivity contribution in [2.24, 2.45) is 0 Å². The number of amides is 1. The number of aryl methyl sites for hydroxylation is 1. The summed E-state index contributed by atoms with van der Waals surface area (Å²) in [5.74, 6) is 0. The van der Waals surface area contributed by atoms with Crippen molar-refractivity contribution in [1.29, 1.82) is 0 Å². The lowest BCUT2D eigenvalue weighted by molar-refractivity contribution is 0.0139. The lowest BCUT2D eigenvalue weighted by Gasteiger charge is -2.35. The van der Waals surface area contributed by atoms with E-state index in [4.69, 9.17) is 4.74 Å². The van der Waals surface area contributed by atoms with E-state index < -0.39 is 15.6 Å². The summed E-state index contributed by atoms with van der Waals surface area (Å²) in [6.07, 6.45) is -0.275. The Morgan fingerprint density at radius 1 is 0.970 bits per heavy atom. The molecule has 176 valence electrons. The average molecular weight is 470 g/mol. The molecule has 0 spiro atoms. The van der Waals surface area contributed by atoms with E-state index in [-0.39, 0.29) is 11.0 Å². The van der Waals surface area contributed by atoms with E-state index in [1.165, 1.54) is 3.97 Å². The zero-order valence-corrected chi connectivity index (χ0v) is 20.4. The molecule has 0 atom stereocenters. The average Bonchev–Trinajstić information content (AvgIpc) is 3.11. The molecule has 33 heavy (non-hydrogen) atoms. The first-order valence-electron chi connectivity index (χ1n) is 11.2. The summed E-state index contributed by atoms with van der Waals surface area (Å²) in [4.78, 5) is 16.6. The van der Waals surface area contributed by atoms with E-state index >= 15 is 0 Å². The summed E-state index contributed by atoms with van der Waals surface area (Å²) in [5, 5.41) is 0.934. The Labute approximate surface area is 195 Å². The number of piperazine rings is 1. The molecule has 8 heteroatoms. The topological polar surface area (TPSA) is 71.8 Å². The van der Waals surface area contributed by atoms with Gasteiger partial charge in [-0.25, -0.2) is 17.2 Å². The van der Waals surface area contributed by atoms with Crippen LogP contribution in [0.3, 0.4) is 0 Å². The Hall–Kier alpha value is -2.84. The first-order valence-corrected chi connectivity index (χ1v) is 12.6. The van der Waals surface area contributed by atoms with Gasteiger partial charge in [-0.1, -0.05) is 30.3 Å². The fraction of sp³-hybridized carbons (Fsp3) is 0.400. The van der Waals surface area contributed by atoms with Crippen molar-refractivity contribution in [2.45, 2.75) is 44.7 Å². The number of hydrogen-bond donors (Lipinski definition) is 0. The molecule has 1 saturated heterocycles. The van der Waals surface area contributed by atoms with Crippen molar-refractivity contribution in [1.82, 2.24) is 13.8 Å². The first-order chi connectivity index (χ1) is 15.6. The van der Waals surface area contributed by atoms with Crippen molar-refractivity contribution >= 4 is 27.0 Å². The van der Waals surface area contributed by atoms with Gasteiger partial charge in [-0.05, 0) is 57.5 Å². The summed E-state index contributed by atoms with van der Waals surface area (Å²) in [5.41, 5.74) is 1.93. The van der Waals surface area contributed by atoms with Crippen molar-refractivity contribution in [3.8, 4) is 0 Å². The molecule has 4 rings (SSSR count). The van der Waals surface area contributed by atoms with Crippen LogP contribution in [-0.2, 0) is 21.3 Å². The van der Waals surface area contributed by atoms with Crippen LogP contribution < -0.4 is 0 Å². The molecule has 0 radical (unpaired) electrons. The Morgan fingerprint density at radius 2 is 1.64 bits per heavy atom. The van der Waals surface area contributed by atoms with Crippen LogP contribution in [0.5, 0.6) is 0 Å². The Morgan fingerprint density at radius 3 is 2.27 bits per heavy atom. The van der Waals surface area contributed by atoms with Gasteiger partial charge in [0.05, 0.1) is 10.4 Å². The van der Waals surface area contributed by atoms with Gasteiger partial charge in [-0.3, -0.25) is 4.90 Å². The van der Waals surface area contributed by atoms with Crippen LogP contribution in [0.2, 0.25) is 0 Å². The SMILES string of the molecule is Cc1cc2c(CN3CCN(C(=O)OC(C)(C)C)CC3)cccc2n1S(=O)(=O)c1ccccc1. The van der Waals surface area contributed by atoms with Crippen LogP contribution in [-0.4, -0.2) is 60.1 Å². The molecule has 0 N–H and O–H groups in total. The molecule has 1 aliphatic rings. The number of rotatable bonds is 4. The number of aromatic nitrogens is 1. The highest BCUT2D eigenvalue weighted by molar-refractivity contribution is 7.90. The van der Waals surface area contributed by atoms with Crippen molar-refractivity contribution in [3.05, 3.63) is 65.9 Å². The van der Waals surface area contributed by atoms with Gasteiger partial charge in [-0.15, -0.1) is 0 Å². The van der Waals surface area contributed by atoms with Gasteiger partial charge in [-0.2, -0.15) is 0 Å². The zero-order chi connectivity index (χ0) is 23.8. The molecule has 3 aromatic rings. The highest BCUT2D eigenvalue weighted by Gasteiger charge is 2.27. The van der Waals surface area contributed by atoms with Crippen LogP contribution in [0.1, 0.15) is 32.0 Å². The van der Waals surface area contributed by atoms with Gasteiger partial charge in [0.25, 0.3) is 10.0 Å². The maximum atomic E-state index is 13.3. The van der Waals surface area contributed by atoms with E-state index in [0.29, 0.717) is 30.8 Å². The van der Waals surface area contributed by atoms with Crippen molar-refractivity contribution < 1.29 is 17.9 Å². The van der Waals surface area contributed by atoms with Gasteiger partial charge in [0.1, 0.15) is 5.60 Å². The van der Waals surface area contributed by atoms with Crippen LogP contribution in [0.4, 0.5) is 4.79 Å². The largest absolute Gasteiger partial charge is 0.444 e. The lowest BCUT2D eigenvalue weighted by atomic mass is 10.1. The smallest absolute Gasteiger partial charge is 0.410 e. The van der Waals surface area contributed by atoms with Gasteiger partial charge in [0.15, 0.2) is 0 Å². The van der Waals surface area contributed by atoms with E-state index in [1.807, 2.05) is 52.0 Å². The van der Waals surface area contributed by atoms with Gasteiger partial charge < -0.3 is 9.64 Å². The molecule has 1 amide bonds. The molecule has 7 nitrogen and oxygen atoms in total. The Bertz CT molecular complexity index is 1250. The number of hydrogen-bond acceptors (Lipinski definition) is 5. The molecule has 1 aliphatic heterocycles. The second-order valence-corrected chi connectivity index (χ2v) is 11.2. The normalized spacial score (nSPS) is 15.7. The Kier molecular flexibility index (Phi) is 6.24. The van der Waals surface area contributed by atoms with Crippen LogP contribution >= 0.6 is 0 Å². The van der Waals surface area contributed by atoms with Gasteiger partial charge in [0, 0.05) is 43.8 Å². The second kappa shape index (κ2) is 8.83. The third kappa shape index (κ3) is 4.91. The van der Waals surface area contributed by atoms with Crippen molar-refractivity contribution in [3.63, 3.8) is 0 Å². The quantitative estimate of drug-likeness (QED) is 0.572. The number of fused-ring (bicyclic) bond motifs is 1. The number of ether oxygens (including phenoxy) is 1. The summed E-state index contributed by atoms with van der Waals surface area (Å²) in [6.45, 7) is 10.8. The number of carbonyl (C=O) groups excluding carboxylic acids is 1. The monoisotopic (exact) mass is 469 g/mol. The lowest BCUT2D eigenvalue weighted by Crippen LogP contribution is -2.49. The first kappa shape index (κ1) is 23.3. The molecule has 0 saturated carbocycles. The molecule has 2 heterocycles. The maximum Gasteiger partial charge on any atom is 0.410 e. The number of benzene rings is 2. The molecule has 0 bridgehead atoms. The molecule has 1 aromatic heterocycles. The predicted molar refractivity (Wildman–Crippen MR) is 129 cm³/mol. The molecule has 1 fully saturated rings.